The minimum Gasteiger partial charge on any atom is -0.321 e. The zero-order chi connectivity index (χ0) is 13.1. The molecule has 1 amide bonds. The van der Waals surface area contributed by atoms with E-state index in [1.165, 1.54) is 12.1 Å². The van der Waals surface area contributed by atoms with Gasteiger partial charge < -0.3 is 5.32 Å². The number of anilines is 1. The van der Waals surface area contributed by atoms with Crippen LogP contribution in [0.4, 0.5) is 10.1 Å². The molecule has 0 aliphatic heterocycles. The van der Waals surface area contributed by atoms with Crippen molar-refractivity contribution in [1.82, 2.24) is 4.98 Å². The number of pyridine rings is 1. The van der Waals surface area contributed by atoms with Crippen molar-refractivity contribution in [3.05, 3.63) is 57.2 Å². The summed E-state index contributed by atoms with van der Waals surface area (Å²) in [6, 6.07) is 8.18. The van der Waals surface area contributed by atoms with Gasteiger partial charge in [-0.1, -0.05) is 6.07 Å². The van der Waals surface area contributed by atoms with Gasteiger partial charge in [-0.15, -0.1) is 0 Å². The Bertz CT molecular complexity index is 584. The minimum absolute atomic E-state index is 0.187. The highest BCUT2D eigenvalue weighted by Gasteiger charge is 2.08. The maximum absolute atomic E-state index is 12.7. The molecular formula is C13H10FIN2O. The van der Waals surface area contributed by atoms with Crippen LogP contribution in [0.1, 0.15) is 16.1 Å². The summed E-state index contributed by atoms with van der Waals surface area (Å²) in [7, 11) is 0. The van der Waals surface area contributed by atoms with Crippen LogP contribution in [0.5, 0.6) is 0 Å². The molecule has 2 aromatic rings. The standard InChI is InChI=1S/C13H10FIN2O/c1-8-2-4-10(6-11(8)15)17-13(18)12-5-3-9(14)7-16-12/h2-7H,1H3,(H,17,18). The van der Waals surface area contributed by atoms with Crippen LogP contribution in [0.3, 0.4) is 0 Å². The summed E-state index contributed by atoms with van der Waals surface area (Å²) in [4.78, 5) is 15.5. The van der Waals surface area contributed by atoms with Crippen LogP contribution in [-0.2, 0) is 0 Å². The smallest absolute Gasteiger partial charge is 0.274 e. The van der Waals surface area contributed by atoms with Crippen LogP contribution in [0, 0.1) is 16.3 Å². The zero-order valence-corrected chi connectivity index (χ0v) is 11.7. The number of hydrogen-bond donors (Lipinski definition) is 1. The van der Waals surface area contributed by atoms with E-state index in [0.29, 0.717) is 5.69 Å². The van der Waals surface area contributed by atoms with Crippen molar-refractivity contribution in [3.63, 3.8) is 0 Å². The number of hydrogen-bond acceptors (Lipinski definition) is 2. The second-order valence-electron chi connectivity index (χ2n) is 3.78. The lowest BCUT2D eigenvalue weighted by atomic mass is 10.2. The van der Waals surface area contributed by atoms with Crippen molar-refractivity contribution in [2.45, 2.75) is 6.92 Å². The summed E-state index contributed by atoms with van der Waals surface area (Å²) in [6.07, 6.45) is 1.02. The molecule has 2 rings (SSSR count). The van der Waals surface area contributed by atoms with E-state index in [1.807, 2.05) is 25.1 Å². The number of nitrogens with zero attached hydrogens (tertiary/aromatic N) is 1. The molecule has 5 heteroatoms. The number of aromatic nitrogens is 1. The molecule has 0 bridgehead atoms. The van der Waals surface area contributed by atoms with Gasteiger partial charge in [0.25, 0.3) is 5.91 Å². The van der Waals surface area contributed by atoms with Crippen molar-refractivity contribution in [3.8, 4) is 0 Å². The third kappa shape index (κ3) is 3.04. The zero-order valence-electron chi connectivity index (χ0n) is 9.58. The van der Waals surface area contributed by atoms with Crippen LogP contribution < -0.4 is 5.32 Å². The fourth-order valence-electron chi connectivity index (χ4n) is 1.38. The monoisotopic (exact) mass is 356 g/mol. The molecule has 0 spiro atoms. The Morgan fingerprint density at radius 3 is 2.72 bits per heavy atom. The summed E-state index contributed by atoms with van der Waals surface area (Å²) in [5, 5.41) is 2.72. The van der Waals surface area contributed by atoms with Crippen molar-refractivity contribution in [2.75, 3.05) is 5.32 Å². The predicted octanol–water partition coefficient (Wildman–Crippen LogP) is 3.39. The third-order valence-electron chi connectivity index (χ3n) is 2.39. The molecule has 1 N–H and O–H groups in total. The summed E-state index contributed by atoms with van der Waals surface area (Å²) < 4.78 is 13.7. The van der Waals surface area contributed by atoms with Gasteiger partial charge in [0.2, 0.25) is 0 Å². The molecule has 1 aromatic carbocycles. The lowest BCUT2D eigenvalue weighted by molar-refractivity contribution is 0.102. The SMILES string of the molecule is Cc1ccc(NC(=O)c2ccc(F)cn2)cc1I. The van der Waals surface area contributed by atoms with E-state index in [2.05, 4.69) is 32.9 Å². The van der Waals surface area contributed by atoms with Crippen molar-refractivity contribution >= 4 is 34.2 Å². The molecule has 0 aliphatic rings. The molecular weight excluding hydrogens is 346 g/mol. The quantitative estimate of drug-likeness (QED) is 0.839. The molecule has 0 saturated carbocycles. The molecule has 0 atom stereocenters. The van der Waals surface area contributed by atoms with Gasteiger partial charge in [-0.05, 0) is 59.3 Å². The lowest BCUT2D eigenvalue weighted by Gasteiger charge is -2.06. The van der Waals surface area contributed by atoms with Crippen LogP contribution in [-0.4, -0.2) is 10.9 Å². The van der Waals surface area contributed by atoms with Gasteiger partial charge in [0.05, 0.1) is 6.20 Å². The number of rotatable bonds is 2. The van der Waals surface area contributed by atoms with E-state index < -0.39 is 5.82 Å². The molecule has 3 nitrogen and oxygen atoms in total. The van der Waals surface area contributed by atoms with Crippen LogP contribution in [0.15, 0.2) is 36.5 Å². The minimum atomic E-state index is -0.462. The molecule has 0 saturated heterocycles. The highest BCUT2D eigenvalue weighted by molar-refractivity contribution is 14.1. The first-order valence-electron chi connectivity index (χ1n) is 5.25. The topological polar surface area (TPSA) is 42.0 Å². The Balaban J connectivity index is 2.16. The second kappa shape index (κ2) is 5.43. The summed E-state index contributed by atoms with van der Waals surface area (Å²) in [5.41, 5.74) is 2.03. The Morgan fingerprint density at radius 2 is 2.11 bits per heavy atom. The first kappa shape index (κ1) is 12.9. The fourth-order valence-corrected chi connectivity index (χ4v) is 1.89. The first-order chi connectivity index (χ1) is 8.56. The highest BCUT2D eigenvalue weighted by Crippen LogP contribution is 2.17. The lowest BCUT2D eigenvalue weighted by Crippen LogP contribution is -2.13. The molecule has 0 aliphatic carbocycles. The first-order valence-corrected chi connectivity index (χ1v) is 6.33. The van der Waals surface area contributed by atoms with Gasteiger partial charge in [0.15, 0.2) is 0 Å². The Morgan fingerprint density at radius 1 is 1.33 bits per heavy atom. The van der Waals surface area contributed by atoms with E-state index in [9.17, 15) is 9.18 Å². The van der Waals surface area contributed by atoms with Gasteiger partial charge in [0.1, 0.15) is 11.5 Å². The molecule has 92 valence electrons. The summed E-state index contributed by atoms with van der Waals surface area (Å²) in [5.74, 6) is -0.814. The normalized spacial score (nSPS) is 10.2. The number of halogens is 2. The van der Waals surface area contributed by atoms with Crippen molar-refractivity contribution < 1.29 is 9.18 Å². The van der Waals surface area contributed by atoms with Gasteiger partial charge in [-0.2, -0.15) is 0 Å². The van der Waals surface area contributed by atoms with Crippen molar-refractivity contribution in [1.29, 1.82) is 0 Å². The highest BCUT2D eigenvalue weighted by atomic mass is 127. The van der Waals surface area contributed by atoms with Gasteiger partial charge in [0, 0.05) is 9.26 Å². The Kier molecular flexibility index (Phi) is 3.90. The molecule has 0 unspecified atom stereocenters. The third-order valence-corrected chi connectivity index (χ3v) is 3.55. The summed E-state index contributed by atoms with van der Waals surface area (Å²) in [6.45, 7) is 1.99. The molecule has 1 heterocycles. The van der Waals surface area contributed by atoms with E-state index in [-0.39, 0.29) is 11.6 Å². The van der Waals surface area contributed by atoms with Crippen LogP contribution in [0.25, 0.3) is 0 Å². The predicted molar refractivity (Wildman–Crippen MR) is 76.0 cm³/mol. The average molecular weight is 356 g/mol. The Hall–Kier alpha value is -1.50. The Labute approximate surface area is 118 Å². The van der Waals surface area contributed by atoms with E-state index >= 15 is 0 Å². The maximum atomic E-state index is 12.7. The number of carbonyl (C=O) groups excluding carboxylic acids is 1. The average Bonchev–Trinajstić information content (AvgIpc) is 2.34. The number of nitrogens with one attached hydrogen (secondary N) is 1. The second-order valence-corrected chi connectivity index (χ2v) is 4.94. The molecule has 18 heavy (non-hydrogen) atoms. The number of benzene rings is 1. The van der Waals surface area contributed by atoms with Crippen molar-refractivity contribution in [2.24, 2.45) is 0 Å². The number of aryl methyl sites for hydroxylation is 1. The number of carbonyl (C=O) groups is 1. The molecule has 1 aromatic heterocycles. The van der Waals surface area contributed by atoms with Crippen LogP contribution >= 0.6 is 22.6 Å². The largest absolute Gasteiger partial charge is 0.321 e. The fraction of sp³-hybridized carbons (Fsp3) is 0.0769. The van der Waals surface area contributed by atoms with Gasteiger partial charge in [-0.25, -0.2) is 9.37 Å². The number of amides is 1. The van der Waals surface area contributed by atoms with Crippen LogP contribution in [0.2, 0.25) is 0 Å². The maximum Gasteiger partial charge on any atom is 0.274 e. The van der Waals surface area contributed by atoms with E-state index in [1.54, 1.807) is 0 Å². The molecule has 0 fully saturated rings. The van der Waals surface area contributed by atoms with E-state index in [4.69, 9.17) is 0 Å². The summed E-state index contributed by atoms with van der Waals surface area (Å²) >= 11 is 2.20. The van der Waals surface area contributed by atoms with Gasteiger partial charge >= 0.3 is 0 Å². The molecule has 0 radical (unpaired) electrons. The van der Waals surface area contributed by atoms with E-state index in [0.717, 1.165) is 15.3 Å². The van der Waals surface area contributed by atoms with Gasteiger partial charge in [-0.3, -0.25) is 4.79 Å².